The van der Waals surface area contributed by atoms with Gasteiger partial charge in [-0.1, -0.05) is 35.4 Å². The lowest BCUT2D eigenvalue weighted by Gasteiger charge is -2.24. The van der Waals surface area contributed by atoms with E-state index in [-0.39, 0.29) is 22.9 Å². The molecule has 216 valence electrons. The SMILES string of the molecule is Cc1ccc(S(=O)(=O)N2CCc3c2cc2c(c3/C=C/C(=O)OC(C)(C)C)CCN2S(=O)(=O)c2ccc(C)cc2)cc1. The Labute approximate surface area is 242 Å². The zero-order valence-electron chi connectivity index (χ0n) is 23.8. The molecule has 10 heteroatoms. The van der Waals surface area contributed by atoms with E-state index in [4.69, 9.17) is 4.74 Å². The molecule has 2 aliphatic heterocycles. The van der Waals surface area contributed by atoms with Crippen LogP contribution in [0.15, 0.2) is 70.5 Å². The molecule has 0 radical (unpaired) electrons. The molecular formula is C31H34N2O6S2. The molecule has 0 saturated carbocycles. The maximum Gasteiger partial charge on any atom is 0.331 e. The second kappa shape index (κ2) is 10.3. The molecule has 2 heterocycles. The summed E-state index contributed by atoms with van der Waals surface area (Å²) in [5, 5.41) is 0. The average molecular weight is 595 g/mol. The van der Waals surface area contributed by atoms with Crippen LogP contribution in [0.2, 0.25) is 0 Å². The van der Waals surface area contributed by atoms with Gasteiger partial charge in [-0.15, -0.1) is 0 Å². The lowest BCUT2D eigenvalue weighted by molar-refractivity contribution is -0.148. The number of ether oxygens (including phenoxy) is 1. The van der Waals surface area contributed by atoms with Crippen molar-refractivity contribution in [2.45, 2.75) is 62.9 Å². The van der Waals surface area contributed by atoms with Crippen LogP contribution < -0.4 is 8.61 Å². The molecule has 0 bridgehead atoms. The average Bonchev–Trinajstić information content (AvgIpc) is 3.51. The normalized spacial score (nSPS) is 15.3. The van der Waals surface area contributed by atoms with Gasteiger partial charge in [0, 0.05) is 19.2 Å². The van der Waals surface area contributed by atoms with Gasteiger partial charge in [0.15, 0.2) is 0 Å². The molecule has 0 unspecified atom stereocenters. The number of hydrogen-bond donors (Lipinski definition) is 0. The summed E-state index contributed by atoms with van der Waals surface area (Å²) in [5.74, 6) is -0.534. The highest BCUT2D eigenvalue weighted by Gasteiger charge is 2.38. The number of benzene rings is 3. The lowest BCUT2D eigenvalue weighted by Crippen LogP contribution is -2.30. The predicted octanol–water partition coefficient (Wildman–Crippen LogP) is 5.16. The van der Waals surface area contributed by atoms with E-state index in [9.17, 15) is 21.6 Å². The molecular weight excluding hydrogens is 560 g/mol. The fourth-order valence-corrected chi connectivity index (χ4v) is 8.24. The highest BCUT2D eigenvalue weighted by atomic mass is 32.2. The number of anilines is 2. The number of nitrogens with zero attached hydrogens (tertiary/aromatic N) is 2. The standard InChI is InChI=1S/C31H34N2O6S2/c1-21-6-10-23(11-7-21)40(35,36)32-18-16-26-25(14-15-30(34)39-31(3,4)5)27-17-19-33(29(27)20-28(26)32)41(37,38)24-12-8-22(2)9-13-24/h6-15,20H,16-19H2,1-5H3/b15-14+. The molecule has 0 aliphatic carbocycles. The van der Waals surface area contributed by atoms with Crippen LogP contribution in [-0.4, -0.2) is 41.5 Å². The lowest BCUT2D eigenvalue weighted by atomic mass is 9.96. The Balaban J connectivity index is 1.65. The molecule has 3 aromatic carbocycles. The van der Waals surface area contributed by atoms with Crippen LogP contribution in [0, 0.1) is 13.8 Å². The van der Waals surface area contributed by atoms with Gasteiger partial charge in [-0.05, 0) is 101 Å². The van der Waals surface area contributed by atoms with Crippen LogP contribution in [0.25, 0.3) is 6.08 Å². The van der Waals surface area contributed by atoms with E-state index in [0.717, 1.165) is 22.3 Å². The number of esters is 1. The van der Waals surface area contributed by atoms with Crippen LogP contribution in [0.4, 0.5) is 11.4 Å². The van der Waals surface area contributed by atoms with Crippen LogP contribution in [0.3, 0.4) is 0 Å². The number of fused-ring (bicyclic) bond motifs is 2. The first kappa shape index (κ1) is 28.9. The van der Waals surface area contributed by atoms with Crippen LogP contribution in [-0.2, 0) is 42.4 Å². The molecule has 0 atom stereocenters. The van der Waals surface area contributed by atoms with Crippen molar-refractivity contribution in [3.05, 3.63) is 88.5 Å². The third-order valence-corrected chi connectivity index (χ3v) is 10.9. The van der Waals surface area contributed by atoms with E-state index in [1.807, 2.05) is 13.8 Å². The van der Waals surface area contributed by atoms with Crippen molar-refractivity contribution in [1.29, 1.82) is 0 Å². The molecule has 41 heavy (non-hydrogen) atoms. The summed E-state index contributed by atoms with van der Waals surface area (Å²) in [6, 6.07) is 15.0. The topological polar surface area (TPSA) is 101 Å². The number of sulfonamides is 2. The highest BCUT2D eigenvalue weighted by molar-refractivity contribution is 7.93. The van der Waals surface area contributed by atoms with Crippen molar-refractivity contribution < 1.29 is 26.4 Å². The van der Waals surface area contributed by atoms with Crippen molar-refractivity contribution in [3.8, 4) is 0 Å². The maximum atomic E-state index is 13.8. The van der Waals surface area contributed by atoms with E-state index in [2.05, 4.69) is 0 Å². The van der Waals surface area contributed by atoms with Gasteiger partial charge in [0.2, 0.25) is 0 Å². The fraction of sp³-hybridized carbons (Fsp3) is 0.323. The predicted molar refractivity (Wildman–Crippen MR) is 160 cm³/mol. The zero-order valence-corrected chi connectivity index (χ0v) is 25.5. The Kier molecular flexibility index (Phi) is 7.28. The van der Waals surface area contributed by atoms with Crippen molar-refractivity contribution >= 4 is 43.5 Å². The van der Waals surface area contributed by atoms with E-state index >= 15 is 0 Å². The van der Waals surface area contributed by atoms with Gasteiger partial charge in [-0.2, -0.15) is 0 Å². The Morgan fingerprint density at radius 2 is 1.17 bits per heavy atom. The number of rotatable bonds is 6. The molecule has 0 fully saturated rings. The van der Waals surface area contributed by atoms with E-state index < -0.39 is 31.6 Å². The number of aryl methyl sites for hydroxylation is 2. The van der Waals surface area contributed by atoms with E-state index in [1.54, 1.807) is 81.4 Å². The van der Waals surface area contributed by atoms with Gasteiger partial charge < -0.3 is 4.74 Å². The molecule has 0 saturated heterocycles. The maximum absolute atomic E-state index is 13.8. The Morgan fingerprint density at radius 1 is 0.756 bits per heavy atom. The summed E-state index contributed by atoms with van der Waals surface area (Å²) >= 11 is 0. The van der Waals surface area contributed by atoms with Gasteiger partial charge in [0.25, 0.3) is 20.0 Å². The third-order valence-electron chi connectivity index (χ3n) is 7.22. The number of carbonyl (C=O) groups excluding carboxylic acids is 1. The minimum atomic E-state index is -3.92. The molecule has 2 aliphatic rings. The van der Waals surface area contributed by atoms with Crippen LogP contribution in [0.5, 0.6) is 0 Å². The smallest absolute Gasteiger partial charge is 0.331 e. The van der Waals surface area contributed by atoms with E-state index in [1.165, 1.54) is 14.7 Å². The summed E-state index contributed by atoms with van der Waals surface area (Å²) in [6.45, 7) is 9.50. The molecule has 0 aromatic heterocycles. The van der Waals surface area contributed by atoms with Crippen molar-refractivity contribution in [3.63, 3.8) is 0 Å². The third kappa shape index (κ3) is 5.50. The largest absolute Gasteiger partial charge is 0.457 e. The first-order valence-electron chi connectivity index (χ1n) is 13.5. The monoisotopic (exact) mass is 594 g/mol. The second-order valence-electron chi connectivity index (χ2n) is 11.4. The van der Waals surface area contributed by atoms with Gasteiger partial charge >= 0.3 is 5.97 Å². The first-order valence-corrected chi connectivity index (χ1v) is 16.4. The van der Waals surface area contributed by atoms with Crippen molar-refractivity contribution in [2.24, 2.45) is 0 Å². The molecule has 3 aromatic rings. The summed E-state index contributed by atoms with van der Waals surface area (Å²) in [5.41, 5.74) is 4.21. The van der Waals surface area contributed by atoms with Gasteiger partial charge in [-0.25, -0.2) is 21.6 Å². The fourth-order valence-electron chi connectivity index (χ4n) is 5.26. The summed E-state index contributed by atoms with van der Waals surface area (Å²) in [6.07, 6.45) is 3.81. The van der Waals surface area contributed by atoms with Crippen molar-refractivity contribution in [1.82, 2.24) is 0 Å². The highest BCUT2D eigenvalue weighted by Crippen LogP contribution is 2.45. The molecule has 0 amide bonds. The number of carbonyl (C=O) groups is 1. The Hall–Kier alpha value is -3.63. The minimum Gasteiger partial charge on any atom is -0.457 e. The number of hydrogen-bond acceptors (Lipinski definition) is 6. The summed E-state index contributed by atoms with van der Waals surface area (Å²) < 4.78 is 63.2. The van der Waals surface area contributed by atoms with Crippen LogP contribution in [0.1, 0.15) is 48.6 Å². The molecule has 0 spiro atoms. The second-order valence-corrected chi connectivity index (χ2v) is 15.2. The molecule has 0 N–H and O–H groups in total. The van der Waals surface area contributed by atoms with Crippen LogP contribution >= 0.6 is 0 Å². The van der Waals surface area contributed by atoms with Gasteiger partial charge in [0.1, 0.15) is 5.60 Å². The summed E-state index contributed by atoms with van der Waals surface area (Å²) in [7, 11) is -7.84. The Bertz CT molecular complexity index is 1640. The minimum absolute atomic E-state index is 0.159. The van der Waals surface area contributed by atoms with Gasteiger partial charge in [0.05, 0.1) is 21.2 Å². The first-order chi connectivity index (χ1) is 19.2. The Morgan fingerprint density at radius 3 is 1.56 bits per heavy atom. The molecule has 5 rings (SSSR count). The van der Waals surface area contributed by atoms with E-state index in [0.29, 0.717) is 29.8 Å². The van der Waals surface area contributed by atoms with Gasteiger partial charge in [-0.3, -0.25) is 8.61 Å². The zero-order chi connectivity index (χ0) is 29.7. The van der Waals surface area contributed by atoms with Crippen molar-refractivity contribution in [2.75, 3.05) is 21.7 Å². The molecule has 8 nitrogen and oxygen atoms in total. The summed E-state index contributed by atoms with van der Waals surface area (Å²) in [4.78, 5) is 12.9. The quantitative estimate of drug-likeness (QED) is 0.289.